The van der Waals surface area contributed by atoms with Crippen molar-refractivity contribution in [3.63, 3.8) is 0 Å². The van der Waals surface area contributed by atoms with Gasteiger partial charge in [0.1, 0.15) is 10.0 Å². The third-order valence-electron chi connectivity index (χ3n) is 2.19. The van der Waals surface area contributed by atoms with Gasteiger partial charge in [0.2, 0.25) is 0 Å². The number of rotatable bonds is 2. The lowest BCUT2D eigenvalue weighted by molar-refractivity contribution is 0.818. The molecule has 2 rings (SSSR count). The Morgan fingerprint density at radius 3 is 2.73 bits per heavy atom. The predicted molar refractivity (Wildman–Crippen MR) is 62.7 cm³/mol. The van der Waals surface area contributed by atoms with E-state index in [0.717, 1.165) is 21.1 Å². The van der Waals surface area contributed by atoms with E-state index in [4.69, 9.17) is 5.73 Å². The lowest BCUT2D eigenvalue weighted by Crippen LogP contribution is -2.04. The van der Waals surface area contributed by atoms with Crippen LogP contribution in [0.2, 0.25) is 0 Å². The van der Waals surface area contributed by atoms with E-state index in [-0.39, 0.29) is 6.04 Å². The van der Waals surface area contributed by atoms with Crippen molar-refractivity contribution in [3.8, 4) is 10.6 Å². The summed E-state index contributed by atoms with van der Waals surface area (Å²) in [6, 6.07) is 8.20. The first-order chi connectivity index (χ1) is 7.16. The zero-order valence-corrected chi connectivity index (χ0v) is 9.58. The maximum Gasteiger partial charge on any atom is 0.147 e. The molecule has 15 heavy (non-hydrogen) atoms. The van der Waals surface area contributed by atoms with Crippen LogP contribution in [0, 0.1) is 6.92 Å². The highest BCUT2D eigenvalue weighted by Crippen LogP contribution is 2.25. The summed E-state index contributed by atoms with van der Waals surface area (Å²) < 4.78 is 0. The van der Waals surface area contributed by atoms with Crippen LogP contribution in [-0.4, -0.2) is 10.2 Å². The number of aromatic nitrogens is 2. The highest BCUT2D eigenvalue weighted by atomic mass is 32.1. The van der Waals surface area contributed by atoms with Gasteiger partial charge in [0.25, 0.3) is 0 Å². The molecule has 0 saturated heterocycles. The summed E-state index contributed by atoms with van der Waals surface area (Å²) in [7, 11) is 0. The zero-order valence-electron chi connectivity index (χ0n) is 8.77. The van der Waals surface area contributed by atoms with Gasteiger partial charge in [-0.1, -0.05) is 29.5 Å². The van der Waals surface area contributed by atoms with Crippen LogP contribution >= 0.6 is 11.3 Å². The van der Waals surface area contributed by atoms with Gasteiger partial charge in [-0.2, -0.15) is 0 Å². The van der Waals surface area contributed by atoms with Crippen LogP contribution < -0.4 is 5.73 Å². The SMILES string of the molecule is Cc1nnc(-c2cccc([C@@H](C)N)c2)s1. The molecular weight excluding hydrogens is 206 g/mol. The van der Waals surface area contributed by atoms with Crippen molar-refractivity contribution >= 4 is 11.3 Å². The summed E-state index contributed by atoms with van der Waals surface area (Å²) in [5, 5.41) is 10.1. The standard InChI is InChI=1S/C11H13N3S/c1-7(12)9-4-3-5-10(6-9)11-14-13-8(2)15-11/h3-7H,12H2,1-2H3/t7-/m1/s1. The van der Waals surface area contributed by atoms with E-state index in [1.165, 1.54) is 0 Å². The van der Waals surface area contributed by atoms with Crippen LogP contribution in [0.4, 0.5) is 0 Å². The smallest absolute Gasteiger partial charge is 0.147 e. The molecule has 1 aromatic carbocycles. The Morgan fingerprint density at radius 2 is 2.13 bits per heavy atom. The van der Waals surface area contributed by atoms with Crippen LogP contribution in [0.25, 0.3) is 10.6 Å². The first kappa shape index (κ1) is 10.3. The number of nitrogens with zero attached hydrogens (tertiary/aromatic N) is 2. The number of benzene rings is 1. The van der Waals surface area contributed by atoms with Crippen LogP contribution in [0.1, 0.15) is 23.5 Å². The monoisotopic (exact) mass is 219 g/mol. The highest BCUT2D eigenvalue weighted by Gasteiger charge is 2.06. The molecule has 0 aliphatic carbocycles. The largest absolute Gasteiger partial charge is 0.324 e. The molecule has 1 heterocycles. The maximum atomic E-state index is 5.83. The molecule has 78 valence electrons. The number of aryl methyl sites for hydroxylation is 1. The first-order valence-electron chi connectivity index (χ1n) is 4.83. The normalized spacial score (nSPS) is 12.7. The van der Waals surface area contributed by atoms with Crippen LogP contribution in [0.5, 0.6) is 0 Å². The van der Waals surface area contributed by atoms with Gasteiger partial charge in [-0.3, -0.25) is 0 Å². The Balaban J connectivity index is 2.41. The molecule has 0 aliphatic rings. The molecule has 2 aromatic rings. The molecular formula is C11H13N3S. The number of nitrogens with two attached hydrogens (primary N) is 1. The topological polar surface area (TPSA) is 51.8 Å². The summed E-state index contributed by atoms with van der Waals surface area (Å²) >= 11 is 1.60. The Hall–Kier alpha value is -1.26. The summed E-state index contributed by atoms with van der Waals surface area (Å²) in [4.78, 5) is 0. The van der Waals surface area contributed by atoms with Gasteiger partial charge in [-0.15, -0.1) is 10.2 Å². The van der Waals surface area contributed by atoms with Gasteiger partial charge < -0.3 is 5.73 Å². The van der Waals surface area contributed by atoms with Gasteiger partial charge in [0.05, 0.1) is 0 Å². The molecule has 4 heteroatoms. The maximum absolute atomic E-state index is 5.83. The van der Waals surface area contributed by atoms with Crippen molar-refractivity contribution < 1.29 is 0 Å². The molecule has 0 fully saturated rings. The molecule has 3 nitrogen and oxygen atoms in total. The second-order valence-electron chi connectivity index (χ2n) is 3.54. The Bertz CT molecular complexity index is 462. The minimum atomic E-state index is 0.0546. The Labute approximate surface area is 93.0 Å². The van der Waals surface area contributed by atoms with E-state index in [1.54, 1.807) is 11.3 Å². The van der Waals surface area contributed by atoms with E-state index in [9.17, 15) is 0 Å². The summed E-state index contributed by atoms with van der Waals surface area (Å²) in [5.41, 5.74) is 8.05. The van der Waals surface area contributed by atoms with E-state index in [0.29, 0.717) is 0 Å². The quantitative estimate of drug-likeness (QED) is 0.844. The number of hydrogen-bond donors (Lipinski definition) is 1. The van der Waals surface area contributed by atoms with Crippen LogP contribution in [0.3, 0.4) is 0 Å². The summed E-state index contributed by atoms with van der Waals surface area (Å²) in [5.74, 6) is 0. The fourth-order valence-electron chi connectivity index (χ4n) is 1.37. The van der Waals surface area contributed by atoms with E-state index in [2.05, 4.69) is 16.3 Å². The second kappa shape index (κ2) is 4.08. The highest BCUT2D eigenvalue weighted by molar-refractivity contribution is 7.14. The third kappa shape index (κ3) is 2.22. The average Bonchev–Trinajstić information content (AvgIpc) is 2.65. The van der Waals surface area contributed by atoms with Gasteiger partial charge in [-0.25, -0.2) is 0 Å². The molecule has 0 spiro atoms. The molecule has 0 saturated carbocycles. The molecule has 2 N–H and O–H groups in total. The fraction of sp³-hybridized carbons (Fsp3) is 0.273. The van der Waals surface area contributed by atoms with Crippen LogP contribution in [0.15, 0.2) is 24.3 Å². The van der Waals surface area contributed by atoms with Gasteiger partial charge in [-0.05, 0) is 25.5 Å². The molecule has 0 bridgehead atoms. The van der Waals surface area contributed by atoms with Gasteiger partial charge in [0.15, 0.2) is 0 Å². The summed E-state index contributed by atoms with van der Waals surface area (Å²) in [6.07, 6.45) is 0. The van der Waals surface area contributed by atoms with E-state index in [1.807, 2.05) is 32.0 Å². The zero-order chi connectivity index (χ0) is 10.8. The van der Waals surface area contributed by atoms with Crippen molar-refractivity contribution in [1.82, 2.24) is 10.2 Å². The van der Waals surface area contributed by atoms with Crippen molar-refractivity contribution in [3.05, 3.63) is 34.8 Å². The van der Waals surface area contributed by atoms with E-state index < -0.39 is 0 Å². The average molecular weight is 219 g/mol. The van der Waals surface area contributed by atoms with Gasteiger partial charge >= 0.3 is 0 Å². The number of hydrogen-bond acceptors (Lipinski definition) is 4. The molecule has 0 radical (unpaired) electrons. The van der Waals surface area contributed by atoms with E-state index >= 15 is 0 Å². The predicted octanol–water partition coefficient (Wildman–Crippen LogP) is 2.53. The third-order valence-corrected chi connectivity index (χ3v) is 3.07. The van der Waals surface area contributed by atoms with Crippen molar-refractivity contribution in [1.29, 1.82) is 0 Å². The van der Waals surface area contributed by atoms with Crippen LogP contribution in [-0.2, 0) is 0 Å². The van der Waals surface area contributed by atoms with Gasteiger partial charge in [0, 0.05) is 11.6 Å². The van der Waals surface area contributed by atoms with Crippen molar-refractivity contribution in [2.24, 2.45) is 5.73 Å². The van der Waals surface area contributed by atoms with Crippen molar-refractivity contribution in [2.45, 2.75) is 19.9 Å². The lowest BCUT2D eigenvalue weighted by atomic mass is 10.1. The fourth-order valence-corrected chi connectivity index (χ4v) is 2.06. The summed E-state index contributed by atoms with van der Waals surface area (Å²) in [6.45, 7) is 3.93. The Morgan fingerprint density at radius 1 is 1.33 bits per heavy atom. The molecule has 1 aromatic heterocycles. The molecule has 0 aliphatic heterocycles. The first-order valence-corrected chi connectivity index (χ1v) is 5.64. The Kier molecular flexibility index (Phi) is 2.79. The lowest BCUT2D eigenvalue weighted by Gasteiger charge is -2.05. The second-order valence-corrected chi connectivity index (χ2v) is 4.72. The minimum absolute atomic E-state index is 0.0546. The minimum Gasteiger partial charge on any atom is -0.324 e. The molecule has 1 atom stereocenters. The molecule has 0 amide bonds. The van der Waals surface area contributed by atoms with Crippen molar-refractivity contribution in [2.75, 3.05) is 0 Å². The molecule has 0 unspecified atom stereocenters.